The fourth-order valence-corrected chi connectivity index (χ4v) is 4.05. The number of aliphatic hydroxyl groups is 1. The first kappa shape index (κ1) is 25.1. The van der Waals surface area contributed by atoms with Crippen LogP contribution >= 0.6 is 15.9 Å². The Balaban J connectivity index is 1.52. The maximum absolute atomic E-state index is 13.0. The van der Waals surface area contributed by atoms with Gasteiger partial charge in [0, 0.05) is 36.5 Å². The molecule has 1 aromatic heterocycles. The quantitative estimate of drug-likeness (QED) is 0.471. The standard InChI is InChI=1S/C24H31BrN4O4/c1-16(2)11-20(28-24(32)33-15-18-7-9-26-10-8-18)23(31)27-21-13-29(14-22(21)30)12-17-3-5-19(25)6-4-17/h3-10,16,20-22,30H,11-15H2,1-2H3,(H,27,31)(H,28,32)/t20-,21?,22?/m0/s1. The van der Waals surface area contributed by atoms with Gasteiger partial charge in [0.15, 0.2) is 0 Å². The van der Waals surface area contributed by atoms with Crippen molar-refractivity contribution in [2.45, 2.75) is 51.6 Å². The Hall–Kier alpha value is -2.49. The number of alkyl carbamates (subject to hydrolysis) is 1. The number of carbonyl (C=O) groups is 2. The number of pyridine rings is 1. The second kappa shape index (κ2) is 12.1. The Bertz CT molecular complexity index is 910. The summed E-state index contributed by atoms with van der Waals surface area (Å²) in [5.74, 6) is -0.136. The lowest BCUT2D eigenvalue weighted by molar-refractivity contribution is -0.124. The van der Waals surface area contributed by atoms with Crippen molar-refractivity contribution in [3.8, 4) is 0 Å². The summed E-state index contributed by atoms with van der Waals surface area (Å²) >= 11 is 3.43. The van der Waals surface area contributed by atoms with E-state index in [4.69, 9.17) is 4.74 Å². The SMILES string of the molecule is CC(C)C[C@H](NC(=O)OCc1ccncc1)C(=O)NC1CN(Cc2ccc(Br)cc2)CC1O. The molecule has 3 N–H and O–H groups in total. The number of nitrogens with zero attached hydrogens (tertiary/aromatic N) is 2. The van der Waals surface area contributed by atoms with E-state index >= 15 is 0 Å². The van der Waals surface area contributed by atoms with Gasteiger partial charge in [-0.3, -0.25) is 14.7 Å². The zero-order valence-corrected chi connectivity index (χ0v) is 20.5. The van der Waals surface area contributed by atoms with Crippen LogP contribution in [-0.4, -0.2) is 58.3 Å². The van der Waals surface area contributed by atoms with Crippen LogP contribution in [0.25, 0.3) is 0 Å². The molecule has 2 aromatic rings. The summed E-state index contributed by atoms with van der Waals surface area (Å²) in [5, 5.41) is 16.1. The number of carbonyl (C=O) groups excluding carboxylic acids is 2. The summed E-state index contributed by atoms with van der Waals surface area (Å²) in [5.41, 5.74) is 1.94. The van der Waals surface area contributed by atoms with Gasteiger partial charge < -0.3 is 20.5 Å². The van der Waals surface area contributed by atoms with E-state index in [1.54, 1.807) is 24.5 Å². The van der Waals surface area contributed by atoms with Gasteiger partial charge in [-0.25, -0.2) is 4.79 Å². The molecule has 1 fully saturated rings. The van der Waals surface area contributed by atoms with E-state index in [9.17, 15) is 14.7 Å². The fraction of sp³-hybridized carbons (Fsp3) is 0.458. The zero-order valence-electron chi connectivity index (χ0n) is 18.9. The van der Waals surface area contributed by atoms with Crippen LogP contribution in [0.2, 0.25) is 0 Å². The predicted octanol–water partition coefficient (Wildman–Crippen LogP) is 2.85. The number of hydrogen-bond donors (Lipinski definition) is 3. The molecule has 3 atom stereocenters. The van der Waals surface area contributed by atoms with Crippen LogP contribution in [0.4, 0.5) is 4.79 Å². The predicted molar refractivity (Wildman–Crippen MR) is 128 cm³/mol. The minimum atomic E-state index is -0.748. The second-order valence-electron chi connectivity index (χ2n) is 8.76. The van der Waals surface area contributed by atoms with E-state index < -0.39 is 24.3 Å². The summed E-state index contributed by atoms with van der Waals surface area (Å²) < 4.78 is 6.27. The molecule has 33 heavy (non-hydrogen) atoms. The van der Waals surface area contributed by atoms with Crippen molar-refractivity contribution >= 4 is 27.9 Å². The third-order valence-electron chi connectivity index (χ3n) is 5.45. The van der Waals surface area contributed by atoms with Crippen molar-refractivity contribution in [3.63, 3.8) is 0 Å². The van der Waals surface area contributed by atoms with E-state index in [2.05, 4.69) is 36.4 Å². The van der Waals surface area contributed by atoms with Gasteiger partial charge in [-0.05, 0) is 47.7 Å². The Kier molecular flexibility index (Phi) is 9.22. The zero-order chi connectivity index (χ0) is 23.8. The van der Waals surface area contributed by atoms with Gasteiger partial charge in [0.05, 0.1) is 12.1 Å². The van der Waals surface area contributed by atoms with Crippen LogP contribution in [-0.2, 0) is 22.7 Å². The molecule has 1 aliphatic rings. The highest BCUT2D eigenvalue weighted by Crippen LogP contribution is 2.17. The maximum Gasteiger partial charge on any atom is 0.408 e. The highest BCUT2D eigenvalue weighted by Gasteiger charge is 2.34. The molecule has 1 aromatic carbocycles. The number of nitrogens with one attached hydrogen (secondary N) is 2. The van der Waals surface area contributed by atoms with Gasteiger partial charge in [-0.2, -0.15) is 0 Å². The molecule has 0 aliphatic carbocycles. The number of amides is 2. The highest BCUT2D eigenvalue weighted by molar-refractivity contribution is 9.10. The number of ether oxygens (including phenoxy) is 1. The lowest BCUT2D eigenvalue weighted by Gasteiger charge is -2.23. The van der Waals surface area contributed by atoms with Crippen LogP contribution in [0, 0.1) is 5.92 Å². The van der Waals surface area contributed by atoms with Crippen LogP contribution in [0.15, 0.2) is 53.3 Å². The van der Waals surface area contributed by atoms with Gasteiger partial charge in [0.25, 0.3) is 0 Å². The first-order valence-corrected chi connectivity index (χ1v) is 11.9. The van der Waals surface area contributed by atoms with Gasteiger partial charge in [0.1, 0.15) is 12.6 Å². The summed E-state index contributed by atoms with van der Waals surface area (Å²) in [7, 11) is 0. The smallest absolute Gasteiger partial charge is 0.408 e. The number of hydrogen-bond acceptors (Lipinski definition) is 6. The monoisotopic (exact) mass is 518 g/mol. The molecule has 0 spiro atoms. The molecular formula is C24H31BrN4O4. The van der Waals surface area contributed by atoms with Crippen molar-refractivity contribution in [3.05, 3.63) is 64.4 Å². The summed E-state index contributed by atoms with van der Waals surface area (Å²) in [6.07, 6.45) is 2.37. The van der Waals surface area contributed by atoms with E-state index in [1.807, 2.05) is 38.1 Å². The number of halogens is 1. The maximum atomic E-state index is 13.0. The fourth-order valence-electron chi connectivity index (χ4n) is 3.78. The molecule has 0 radical (unpaired) electrons. The Labute approximate surface area is 202 Å². The van der Waals surface area contributed by atoms with E-state index in [1.165, 1.54) is 0 Å². The van der Waals surface area contributed by atoms with Crippen LogP contribution in [0.3, 0.4) is 0 Å². The Morgan fingerprint density at radius 3 is 2.52 bits per heavy atom. The summed E-state index contributed by atoms with van der Waals surface area (Å²) in [6.45, 7) is 5.74. The highest BCUT2D eigenvalue weighted by atomic mass is 79.9. The van der Waals surface area contributed by atoms with E-state index in [-0.39, 0.29) is 18.4 Å². The average molecular weight is 519 g/mol. The number of likely N-dealkylation sites (tertiary alicyclic amines) is 1. The van der Waals surface area contributed by atoms with Crippen molar-refractivity contribution < 1.29 is 19.4 Å². The number of aromatic nitrogens is 1. The van der Waals surface area contributed by atoms with Crippen molar-refractivity contribution in [1.29, 1.82) is 0 Å². The van der Waals surface area contributed by atoms with E-state index in [0.717, 1.165) is 15.6 Å². The van der Waals surface area contributed by atoms with Crippen LogP contribution in [0.1, 0.15) is 31.4 Å². The molecule has 2 heterocycles. The molecule has 1 saturated heterocycles. The minimum absolute atomic E-state index is 0.0940. The number of aliphatic hydroxyl groups excluding tert-OH is 1. The van der Waals surface area contributed by atoms with Crippen molar-refractivity contribution in [2.75, 3.05) is 13.1 Å². The van der Waals surface area contributed by atoms with Gasteiger partial charge in [-0.1, -0.05) is 41.9 Å². The lowest BCUT2D eigenvalue weighted by atomic mass is 10.0. The Morgan fingerprint density at radius 2 is 1.85 bits per heavy atom. The number of rotatable bonds is 9. The molecule has 9 heteroatoms. The lowest BCUT2D eigenvalue weighted by Crippen LogP contribution is -2.53. The van der Waals surface area contributed by atoms with Crippen molar-refractivity contribution in [2.24, 2.45) is 5.92 Å². The summed E-state index contributed by atoms with van der Waals surface area (Å²) in [4.78, 5) is 31.3. The molecule has 178 valence electrons. The Morgan fingerprint density at radius 1 is 1.15 bits per heavy atom. The molecule has 1 aliphatic heterocycles. The molecule has 0 saturated carbocycles. The minimum Gasteiger partial charge on any atom is -0.445 e. The molecule has 8 nitrogen and oxygen atoms in total. The summed E-state index contributed by atoms with van der Waals surface area (Å²) in [6, 6.07) is 10.4. The number of benzene rings is 1. The van der Waals surface area contributed by atoms with E-state index in [0.29, 0.717) is 26.1 Å². The normalized spacial score (nSPS) is 19.3. The first-order chi connectivity index (χ1) is 15.8. The van der Waals surface area contributed by atoms with Crippen molar-refractivity contribution in [1.82, 2.24) is 20.5 Å². The topological polar surface area (TPSA) is 104 Å². The van der Waals surface area contributed by atoms with Gasteiger partial charge in [0.2, 0.25) is 5.91 Å². The van der Waals surface area contributed by atoms with Gasteiger partial charge in [-0.15, -0.1) is 0 Å². The van der Waals surface area contributed by atoms with Crippen LogP contribution in [0.5, 0.6) is 0 Å². The third kappa shape index (κ3) is 8.10. The molecule has 2 amide bonds. The number of β-amino-alcohol motifs (C(OH)–C–C–N with tert-alkyl or cyclic N) is 1. The second-order valence-corrected chi connectivity index (χ2v) is 9.68. The molecule has 2 unspecified atom stereocenters. The van der Waals surface area contributed by atoms with Gasteiger partial charge >= 0.3 is 6.09 Å². The van der Waals surface area contributed by atoms with Crippen LogP contribution < -0.4 is 10.6 Å². The molecule has 0 bridgehead atoms. The third-order valence-corrected chi connectivity index (χ3v) is 5.98. The average Bonchev–Trinajstić information content (AvgIpc) is 3.12. The molecular weight excluding hydrogens is 488 g/mol. The molecule has 3 rings (SSSR count). The largest absolute Gasteiger partial charge is 0.445 e. The first-order valence-electron chi connectivity index (χ1n) is 11.1.